The van der Waals surface area contributed by atoms with Crippen molar-refractivity contribution in [2.45, 2.75) is 57.5 Å². The Labute approximate surface area is 240 Å². The van der Waals surface area contributed by atoms with Gasteiger partial charge in [0.15, 0.2) is 14.9 Å². The van der Waals surface area contributed by atoms with E-state index in [0.717, 1.165) is 25.0 Å². The molecule has 0 radical (unpaired) electrons. The van der Waals surface area contributed by atoms with Crippen LogP contribution in [0.4, 0.5) is 23.0 Å². The minimum atomic E-state index is -3.69. The first-order chi connectivity index (χ1) is 19.2. The number of nitrogens with zero attached hydrogens (tertiary/aromatic N) is 4. The molecule has 1 saturated heterocycles. The molecule has 3 aromatic heterocycles. The Hall–Kier alpha value is -3.81. The van der Waals surface area contributed by atoms with E-state index in [-0.39, 0.29) is 47.1 Å². The van der Waals surface area contributed by atoms with Gasteiger partial charge in [-0.1, -0.05) is 0 Å². The van der Waals surface area contributed by atoms with Gasteiger partial charge in [0, 0.05) is 56.2 Å². The van der Waals surface area contributed by atoms with Crippen molar-refractivity contribution >= 4 is 38.8 Å². The number of anilines is 4. The van der Waals surface area contributed by atoms with Gasteiger partial charge in [-0.3, -0.25) is 9.78 Å². The highest BCUT2D eigenvalue weighted by atomic mass is 32.2. The second-order valence-electron chi connectivity index (χ2n) is 10.9. The van der Waals surface area contributed by atoms with Gasteiger partial charge in [0.1, 0.15) is 24.0 Å². The number of hydrogen-bond donors (Lipinski definition) is 3. The molecular weight excluding hydrogens is 548 g/mol. The van der Waals surface area contributed by atoms with Crippen molar-refractivity contribution in [3.8, 4) is 17.0 Å². The second-order valence-corrected chi connectivity index (χ2v) is 12.8. The molecule has 3 aromatic rings. The van der Waals surface area contributed by atoms with Crippen LogP contribution in [0, 0.1) is 0 Å². The fourth-order valence-corrected chi connectivity index (χ4v) is 4.94. The molecule has 1 aliphatic rings. The highest BCUT2D eigenvalue weighted by Gasteiger charge is 2.23. The van der Waals surface area contributed by atoms with Crippen LogP contribution in [0.3, 0.4) is 0 Å². The smallest absolute Gasteiger partial charge is 0.222 e. The minimum absolute atomic E-state index is 0.0657. The first-order valence-electron chi connectivity index (χ1n) is 13.1. The number of ether oxygens (including phenoxy) is 2. The van der Waals surface area contributed by atoms with Gasteiger partial charge in [-0.2, -0.15) is 0 Å². The molecule has 0 aliphatic carbocycles. The van der Waals surface area contributed by atoms with E-state index in [9.17, 15) is 18.3 Å². The fourth-order valence-electron chi connectivity index (χ4n) is 4.35. The van der Waals surface area contributed by atoms with Gasteiger partial charge in [0.05, 0.1) is 41.1 Å². The molecule has 13 heteroatoms. The van der Waals surface area contributed by atoms with E-state index in [1.165, 1.54) is 19.1 Å². The molecule has 2 unspecified atom stereocenters. The number of aromatic nitrogens is 3. The summed E-state index contributed by atoms with van der Waals surface area (Å²) in [4.78, 5) is 27.2. The zero-order chi connectivity index (χ0) is 29.9. The van der Waals surface area contributed by atoms with Crippen LogP contribution < -0.4 is 20.3 Å². The van der Waals surface area contributed by atoms with Crippen LogP contribution in [0.15, 0.2) is 47.8 Å². The topological polar surface area (TPSA) is 156 Å². The third-order valence-corrected chi connectivity index (χ3v) is 7.00. The Balaban J connectivity index is 1.71. The zero-order valence-electron chi connectivity index (χ0n) is 24.0. The van der Waals surface area contributed by atoms with E-state index in [1.54, 1.807) is 32.3 Å². The van der Waals surface area contributed by atoms with Gasteiger partial charge in [-0.05, 0) is 39.8 Å². The van der Waals surface area contributed by atoms with E-state index in [4.69, 9.17) is 9.47 Å². The molecule has 1 amide bonds. The van der Waals surface area contributed by atoms with Crippen LogP contribution >= 0.6 is 0 Å². The monoisotopic (exact) mass is 584 g/mol. The Morgan fingerprint density at radius 1 is 1.12 bits per heavy atom. The van der Waals surface area contributed by atoms with Crippen LogP contribution in [-0.2, 0) is 19.4 Å². The number of amides is 1. The van der Waals surface area contributed by atoms with Crippen molar-refractivity contribution in [3.05, 3.63) is 42.7 Å². The molecule has 3 N–H and O–H groups in total. The van der Waals surface area contributed by atoms with Gasteiger partial charge in [-0.15, -0.1) is 0 Å². The average molecular weight is 585 g/mol. The summed E-state index contributed by atoms with van der Waals surface area (Å²) in [7, 11) is -3.69. The molecule has 0 aromatic carbocycles. The maximum Gasteiger partial charge on any atom is 0.222 e. The number of pyridine rings is 3. The third kappa shape index (κ3) is 8.35. The van der Waals surface area contributed by atoms with Crippen molar-refractivity contribution in [1.82, 2.24) is 15.0 Å². The molecule has 41 heavy (non-hydrogen) atoms. The van der Waals surface area contributed by atoms with Crippen molar-refractivity contribution in [2.75, 3.05) is 41.5 Å². The first kappa shape index (κ1) is 30.2. The average Bonchev–Trinajstić information content (AvgIpc) is 2.86. The quantitative estimate of drug-likeness (QED) is 0.339. The van der Waals surface area contributed by atoms with Crippen molar-refractivity contribution in [2.24, 2.45) is 0 Å². The van der Waals surface area contributed by atoms with Crippen molar-refractivity contribution in [3.63, 3.8) is 0 Å². The summed E-state index contributed by atoms with van der Waals surface area (Å²) in [5.74, 6) is 0.369. The fraction of sp³-hybridized carbons (Fsp3) is 0.429. The van der Waals surface area contributed by atoms with Gasteiger partial charge in [0.2, 0.25) is 5.91 Å². The Morgan fingerprint density at radius 3 is 2.41 bits per heavy atom. The van der Waals surface area contributed by atoms with Crippen LogP contribution in [0.1, 0.15) is 34.6 Å². The molecule has 1 fully saturated rings. The molecule has 0 saturated carbocycles. The summed E-state index contributed by atoms with van der Waals surface area (Å²) in [6.45, 7) is 10.1. The lowest BCUT2D eigenvalue weighted by molar-refractivity contribution is -0.114. The summed E-state index contributed by atoms with van der Waals surface area (Å²) >= 11 is 0. The summed E-state index contributed by atoms with van der Waals surface area (Å²) in [6.07, 6.45) is 4.62. The van der Waals surface area contributed by atoms with Crippen molar-refractivity contribution < 1.29 is 27.8 Å². The normalized spacial score (nSPS) is 17.7. The largest absolute Gasteiger partial charge is 0.490 e. The van der Waals surface area contributed by atoms with Gasteiger partial charge in [-0.25, -0.2) is 18.4 Å². The molecule has 4 rings (SSSR count). The molecule has 4 heterocycles. The van der Waals surface area contributed by atoms with Crippen molar-refractivity contribution in [1.29, 1.82) is 0 Å². The van der Waals surface area contributed by atoms with Gasteiger partial charge < -0.3 is 30.1 Å². The summed E-state index contributed by atoms with van der Waals surface area (Å²) in [5, 5.41) is 15.7. The Morgan fingerprint density at radius 2 is 1.83 bits per heavy atom. The number of aliphatic hydroxyl groups is 1. The highest BCUT2D eigenvalue weighted by Crippen LogP contribution is 2.33. The maximum absolute atomic E-state index is 12.4. The molecule has 1 aliphatic heterocycles. The number of morpholine rings is 1. The van der Waals surface area contributed by atoms with E-state index in [2.05, 4.69) is 30.5 Å². The standard InChI is InChI=1S/C28H36N6O6S/c1-17-14-34(15-18(2)40-17)20-7-8-23(29-12-20)22-13-30-25(31-19(3)35)11-24(22)32-26-9-21(39-16-28(4,5)36)10-27(33-26)41(6,37)38/h7-13,17-18,36H,14-16H2,1-6H3,(H2,30,31,32,33,35). The lowest BCUT2D eigenvalue weighted by Crippen LogP contribution is -2.45. The third-order valence-electron chi connectivity index (χ3n) is 6.03. The van der Waals surface area contributed by atoms with E-state index < -0.39 is 15.4 Å². The summed E-state index contributed by atoms with van der Waals surface area (Å²) in [6, 6.07) is 8.29. The number of carbonyl (C=O) groups excluding carboxylic acids is 1. The molecule has 220 valence electrons. The predicted octanol–water partition coefficient (Wildman–Crippen LogP) is 3.41. The predicted molar refractivity (Wildman–Crippen MR) is 156 cm³/mol. The number of carbonyl (C=O) groups is 1. The lowest BCUT2D eigenvalue weighted by Gasteiger charge is -2.36. The number of sulfone groups is 1. The van der Waals surface area contributed by atoms with Gasteiger partial charge >= 0.3 is 0 Å². The second kappa shape index (κ2) is 12.0. The molecular formula is C28H36N6O6S. The SMILES string of the molecule is CC(=O)Nc1cc(Nc2cc(OCC(C)(C)O)cc(S(C)(=O)=O)n2)c(-c2ccc(N3CC(C)OC(C)C3)cn2)cn1. The van der Waals surface area contributed by atoms with E-state index >= 15 is 0 Å². The van der Waals surface area contributed by atoms with E-state index in [0.29, 0.717) is 16.9 Å². The van der Waals surface area contributed by atoms with Crippen LogP contribution in [-0.4, -0.2) is 78.1 Å². The van der Waals surface area contributed by atoms with E-state index in [1.807, 2.05) is 26.0 Å². The molecule has 2 atom stereocenters. The summed E-state index contributed by atoms with van der Waals surface area (Å²) < 4.78 is 36.3. The maximum atomic E-state index is 12.4. The molecule has 0 spiro atoms. The lowest BCUT2D eigenvalue weighted by atomic mass is 10.1. The molecule has 0 bridgehead atoms. The molecule has 12 nitrogen and oxygen atoms in total. The summed E-state index contributed by atoms with van der Waals surface area (Å²) in [5.41, 5.74) is 1.50. The number of hydrogen-bond acceptors (Lipinski definition) is 11. The minimum Gasteiger partial charge on any atom is -0.490 e. The highest BCUT2D eigenvalue weighted by molar-refractivity contribution is 7.90. The Kier molecular flexibility index (Phi) is 8.80. The number of rotatable bonds is 9. The van der Waals surface area contributed by atoms with Crippen LogP contribution in [0.5, 0.6) is 5.75 Å². The van der Waals surface area contributed by atoms with Crippen LogP contribution in [0.2, 0.25) is 0 Å². The van der Waals surface area contributed by atoms with Crippen LogP contribution in [0.25, 0.3) is 11.3 Å². The number of nitrogens with one attached hydrogen (secondary N) is 2. The zero-order valence-corrected chi connectivity index (χ0v) is 24.8. The van der Waals surface area contributed by atoms with Gasteiger partial charge in [0.25, 0.3) is 0 Å². The first-order valence-corrected chi connectivity index (χ1v) is 15.0. The Bertz CT molecular complexity index is 1500.